The molecular formula is C18H10Br2. The maximum Gasteiger partial charge on any atom is 0.0402 e. The molecule has 0 radical (unpaired) electrons. The van der Waals surface area contributed by atoms with Crippen molar-refractivity contribution in [2.45, 2.75) is 0 Å². The lowest BCUT2D eigenvalue weighted by molar-refractivity contribution is 1.68. The standard InChI is InChI=1S/C18H10Br2/c19-16-8-7-11-5-6-14-9-12-3-1-2-4-13(12)10-15(14)17(11)18(16)20/h1-10H. The lowest BCUT2D eigenvalue weighted by Crippen LogP contribution is -1.82. The summed E-state index contributed by atoms with van der Waals surface area (Å²) in [5, 5.41) is 7.64. The molecule has 0 heterocycles. The minimum absolute atomic E-state index is 1.09. The molecule has 0 N–H and O–H groups in total. The second-order valence-corrected chi connectivity index (χ2v) is 6.59. The monoisotopic (exact) mass is 384 g/mol. The van der Waals surface area contributed by atoms with Crippen molar-refractivity contribution in [2.24, 2.45) is 0 Å². The van der Waals surface area contributed by atoms with Crippen LogP contribution in [0.1, 0.15) is 0 Å². The lowest BCUT2D eigenvalue weighted by Gasteiger charge is -2.09. The van der Waals surface area contributed by atoms with Gasteiger partial charge in [0.1, 0.15) is 0 Å². The van der Waals surface area contributed by atoms with Gasteiger partial charge in [-0.15, -0.1) is 0 Å². The van der Waals surface area contributed by atoms with Gasteiger partial charge in [-0.05, 0) is 77.0 Å². The molecule has 0 saturated heterocycles. The highest BCUT2D eigenvalue weighted by Crippen LogP contribution is 2.37. The first-order valence-electron chi connectivity index (χ1n) is 6.43. The van der Waals surface area contributed by atoms with E-state index in [0.717, 1.165) is 8.95 Å². The fraction of sp³-hybridized carbons (Fsp3) is 0. The summed E-state index contributed by atoms with van der Waals surface area (Å²) in [5.74, 6) is 0. The Morgan fingerprint density at radius 2 is 1.25 bits per heavy atom. The Morgan fingerprint density at radius 1 is 0.600 bits per heavy atom. The van der Waals surface area contributed by atoms with E-state index in [1.807, 2.05) is 0 Å². The number of fused-ring (bicyclic) bond motifs is 4. The van der Waals surface area contributed by atoms with Gasteiger partial charge in [0.2, 0.25) is 0 Å². The van der Waals surface area contributed by atoms with E-state index in [1.165, 1.54) is 32.3 Å². The van der Waals surface area contributed by atoms with Crippen LogP contribution in [0, 0.1) is 0 Å². The first-order valence-corrected chi connectivity index (χ1v) is 8.02. The highest BCUT2D eigenvalue weighted by molar-refractivity contribution is 9.13. The van der Waals surface area contributed by atoms with Crippen LogP contribution in [0.4, 0.5) is 0 Å². The van der Waals surface area contributed by atoms with Gasteiger partial charge in [0.25, 0.3) is 0 Å². The molecule has 0 unspecified atom stereocenters. The van der Waals surface area contributed by atoms with Gasteiger partial charge < -0.3 is 0 Å². The molecule has 0 spiro atoms. The first-order chi connectivity index (χ1) is 9.74. The van der Waals surface area contributed by atoms with Crippen LogP contribution in [-0.4, -0.2) is 0 Å². The van der Waals surface area contributed by atoms with Gasteiger partial charge in [0.05, 0.1) is 0 Å². The summed E-state index contributed by atoms with van der Waals surface area (Å²) < 4.78 is 2.21. The predicted molar refractivity (Wildman–Crippen MR) is 94.4 cm³/mol. The smallest absolute Gasteiger partial charge is 0.0402 e. The largest absolute Gasteiger partial charge is 0.0616 e. The van der Waals surface area contributed by atoms with Gasteiger partial charge in [-0.3, -0.25) is 0 Å². The number of rotatable bonds is 0. The van der Waals surface area contributed by atoms with Crippen LogP contribution in [0.15, 0.2) is 69.6 Å². The van der Waals surface area contributed by atoms with Crippen molar-refractivity contribution in [3.8, 4) is 0 Å². The van der Waals surface area contributed by atoms with Gasteiger partial charge in [0, 0.05) is 14.3 Å². The summed E-state index contributed by atoms with van der Waals surface area (Å²) >= 11 is 7.32. The molecule has 0 fully saturated rings. The molecule has 0 bridgehead atoms. The van der Waals surface area contributed by atoms with Gasteiger partial charge >= 0.3 is 0 Å². The third kappa shape index (κ3) is 1.79. The van der Waals surface area contributed by atoms with Gasteiger partial charge in [-0.2, -0.15) is 0 Å². The van der Waals surface area contributed by atoms with E-state index < -0.39 is 0 Å². The van der Waals surface area contributed by atoms with Crippen molar-refractivity contribution >= 4 is 64.2 Å². The molecule has 0 atom stereocenters. The van der Waals surface area contributed by atoms with Crippen LogP contribution in [0.3, 0.4) is 0 Å². The minimum atomic E-state index is 1.09. The van der Waals surface area contributed by atoms with Crippen molar-refractivity contribution in [3.05, 3.63) is 69.6 Å². The van der Waals surface area contributed by atoms with Crippen molar-refractivity contribution < 1.29 is 0 Å². The van der Waals surface area contributed by atoms with E-state index in [9.17, 15) is 0 Å². The van der Waals surface area contributed by atoms with E-state index in [2.05, 4.69) is 92.5 Å². The van der Waals surface area contributed by atoms with Gasteiger partial charge in [-0.1, -0.05) is 42.5 Å². The highest BCUT2D eigenvalue weighted by atomic mass is 79.9. The van der Waals surface area contributed by atoms with E-state index >= 15 is 0 Å². The molecule has 0 aromatic heterocycles. The van der Waals surface area contributed by atoms with E-state index in [0.29, 0.717) is 0 Å². The predicted octanol–water partition coefficient (Wildman–Crippen LogP) is 6.67. The molecule has 2 heteroatoms. The maximum absolute atomic E-state index is 3.72. The van der Waals surface area contributed by atoms with Crippen molar-refractivity contribution in [3.63, 3.8) is 0 Å². The Labute approximate surface area is 133 Å². The molecule has 0 amide bonds. The Kier molecular flexibility index (Phi) is 2.83. The third-order valence-electron chi connectivity index (χ3n) is 3.76. The zero-order valence-electron chi connectivity index (χ0n) is 10.5. The van der Waals surface area contributed by atoms with Crippen molar-refractivity contribution in [1.82, 2.24) is 0 Å². The van der Waals surface area contributed by atoms with E-state index in [-0.39, 0.29) is 0 Å². The molecule has 0 nitrogen and oxygen atoms in total. The number of hydrogen-bond acceptors (Lipinski definition) is 0. The Morgan fingerprint density at radius 3 is 2.05 bits per heavy atom. The molecule has 4 rings (SSSR count). The maximum atomic E-state index is 3.72. The molecule has 0 aliphatic rings. The minimum Gasteiger partial charge on any atom is -0.0616 e. The van der Waals surface area contributed by atoms with E-state index in [4.69, 9.17) is 0 Å². The summed E-state index contributed by atoms with van der Waals surface area (Å²) in [4.78, 5) is 0. The fourth-order valence-corrected chi connectivity index (χ4v) is 3.68. The second-order valence-electron chi connectivity index (χ2n) is 4.95. The highest BCUT2D eigenvalue weighted by Gasteiger charge is 2.08. The Hall–Kier alpha value is -1.38. The van der Waals surface area contributed by atoms with Crippen LogP contribution >= 0.6 is 31.9 Å². The van der Waals surface area contributed by atoms with Crippen LogP contribution in [0.25, 0.3) is 32.3 Å². The molecule has 0 saturated carbocycles. The molecule has 20 heavy (non-hydrogen) atoms. The van der Waals surface area contributed by atoms with Crippen LogP contribution in [-0.2, 0) is 0 Å². The van der Waals surface area contributed by atoms with Crippen LogP contribution in [0.5, 0.6) is 0 Å². The van der Waals surface area contributed by atoms with Gasteiger partial charge in [-0.25, -0.2) is 0 Å². The number of hydrogen-bond donors (Lipinski definition) is 0. The van der Waals surface area contributed by atoms with Crippen molar-refractivity contribution in [1.29, 1.82) is 0 Å². The summed E-state index contributed by atoms with van der Waals surface area (Å²) in [7, 11) is 0. The molecule has 0 aliphatic carbocycles. The average Bonchev–Trinajstić information content (AvgIpc) is 2.48. The summed E-state index contributed by atoms with van der Waals surface area (Å²) in [6.45, 7) is 0. The molecule has 0 aliphatic heterocycles. The normalized spacial score (nSPS) is 11.5. The average molecular weight is 386 g/mol. The summed E-state index contributed by atoms with van der Waals surface area (Å²) in [6, 6.07) is 21.7. The Bertz CT molecular complexity index is 971. The topological polar surface area (TPSA) is 0 Å². The third-order valence-corrected chi connectivity index (χ3v) is 5.77. The quantitative estimate of drug-likeness (QED) is 0.234. The summed E-state index contributed by atoms with van der Waals surface area (Å²) in [6.07, 6.45) is 0. The lowest BCUT2D eigenvalue weighted by atomic mass is 9.98. The zero-order chi connectivity index (χ0) is 13.7. The first kappa shape index (κ1) is 12.4. The summed E-state index contributed by atoms with van der Waals surface area (Å²) in [5.41, 5.74) is 0. The second kappa shape index (κ2) is 4.57. The van der Waals surface area contributed by atoms with Gasteiger partial charge in [0.15, 0.2) is 0 Å². The zero-order valence-corrected chi connectivity index (χ0v) is 13.7. The molecule has 4 aromatic carbocycles. The molecule has 96 valence electrons. The van der Waals surface area contributed by atoms with Crippen LogP contribution < -0.4 is 0 Å². The number of halogens is 2. The number of benzene rings is 4. The van der Waals surface area contributed by atoms with Crippen LogP contribution in [0.2, 0.25) is 0 Å². The van der Waals surface area contributed by atoms with Crippen molar-refractivity contribution in [2.75, 3.05) is 0 Å². The SMILES string of the molecule is Brc1ccc2ccc3cc4ccccc4cc3c2c1Br. The fourth-order valence-electron chi connectivity index (χ4n) is 2.77. The Balaban J connectivity index is 2.28. The molecular weight excluding hydrogens is 376 g/mol. The molecule has 4 aromatic rings. The van der Waals surface area contributed by atoms with E-state index in [1.54, 1.807) is 0 Å².